The van der Waals surface area contributed by atoms with Gasteiger partial charge in [-0.15, -0.1) is 0 Å². The summed E-state index contributed by atoms with van der Waals surface area (Å²) in [5.41, 5.74) is 1.87. The topological polar surface area (TPSA) is 52.0 Å². The second-order valence-corrected chi connectivity index (χ2v) is 7.23. The molecule has 0 aliphatic carbocycles. The van der Waals surface area contributed by atoms with Crippen molar-refractivity contribution >= 4 is 21.4 Å². The lowest BCUT2D eigenvalue weighted by molar-refractivity contribution is 0.581. The molecule has 0 aliphatic heterocycles. The van der Waals surface area contributed by atoms with E-state index in [0.29, 0.717) is 17.6 Å². The van der Waals surface area contributed by atoms with Crippen LogP contribution >= 0.6 is 11.6 Å². The van der Waals surface area contributed by atoms with E-state index in [4.69, 9.17) is 11.6 Å². The van der Waals surface area contributed by atoms with E-state index in [1.807, 2.05) is 20.8 Å². The minimum Gasteiger partial charge on any atom is -0.252 e. The first-order valence-electron chi connectivity index (χ1n) is 5.71. The number of hydrogen-bond donors (Lipinski definition) is 0. The van der Waals surface area contributed by atoms with E-state index in [-0.39, 0.29) is 11.5 Å². The Kier molecular flexibility index (Phi) is 4.61. The van der Waals surface area contributed by atoms with Crippen LogP contribution in [0.5, 0.6) is 0 Å². The number of aryl methyl sites for hydroxylation is 2. The molecule has 0 saturated carbocycles. The second kappa shape index (κ2) is 5.40. The molecule has 17 heavy (non-hydrogen) atoms. The van der Waals surface area contributed by atoms with E-state index >= 15 is 0 Å². The highest BCUT2D eigenvalue weighted by Gasteiger charge is 2.17. The minimum absolute atomic E-state index is 0.0852. The van der Waals surface area contributed by atoms with E-state index in [1.54, 1.807) is 11.6 Å². The van der Waals surface area contributed by atoms with E-state index in [0.717, 1.165) is 11.3 Å². The van der Waals surface area contributed by atoms with Crippen LogP contribution in [0.25, 0.3) is 0 Å². The highest BCUT2D eigenvalue weighted by atomic mass is 35.5. The summed E-state index contributed by atoms with van der Waals surface area (Å²) in [6.07, 6.45) is 0. The molecule has 98 valence electrons. The second-order valence-electron chi connectivity index (χ2n) is 4.40. The zero-order valence-electron chi connectivity index (χ0n) is 10.7. The fourth-order valence-corrected chi connectivity index (χ4v) is 2.96. The fraction of sp³-hybridized carbons (Fsp3) is 0.727. The molecule has 1 heterocycles. The maximum Gasteiger partial charge on any atom is 0.151 e. The summed E-state index contributed by atoms with van der Waals surface area (Å²) in [6, 6.07) is 0. The van der Waals surface area contributed by atoms with Gasteiger partial charge in [0.15, 0.2) is 9.84 Å². The quantitative estimate of drug-likeness (QED) is 0.831. The monoisotopic (exact) mass is 278 g/mol. The van der Waals surface area contributed by atoms with Gasteiger partial charge in [0, 0.05) is 11.3 Å². The van der Waals surface area contributed by atoms with Crippen molar-refractivity contribution in [2.24, 2.45) is 0 Å². The van der Waals surface area contributed by atoms with Crippen molar-refractivity contribution in [1.82, 2.24) is 9.78 Å². The first kappa shape index (κ1) is 14.5. The van der Waals surface area contributed by atoms with Crippen LogP contribution in [-0.2, 0) is 16.4 Å². The molecule has 6 heteroatoms. The molecule has 0 bridgehead atoms. The molecule has 0 saturated heterocycles. The Balaban J connectivity index is 2.91. The lowest BCUT2D eigenvalue weighted by Crippen LogP contribution is -2.15. The van der Waals surface area contributed by atoms with Gasteiger partial charge in [0.1, 0.15) is 5.15 Å². The number of nitrogens with zero attached hydrogens (tertiary/aromatic N) is 2. The van der Waals surface area contributed by atoms with E-state index in [2.05, 4.69) is 5.10 Å². The molecule has 1 rings (SSSR count). The molecule has 0 spiro atoms. The zero-order chi connectivity index (χ0) is 13.2. The number of halogens is 1. The van der Waals surface area contributed by atoms with Gasteiger partial charge in [0.2, 0.25) is 0 Å². The number of sulfone groups is 1. The first-order valence-corrected chi connectivity index (χ1v) is 7.91. The Morgan fingerprint density at radius 3 is 2.41 bits per heavy atom. The van der Waals surface area contributed by atoms with Crippen LogP contribution in [0.4, 0.5) is 0 Å². The predicted molar refractivity (Wildman–Crippen MR) is 70.4 cm³/mol. The maximum absolute atomic E-state index is 11.4. The van der Waals surface area contributed by atoms with Gasteiger partial charge < -0.3 is 0 Å². The van der Waals surface area contributed by atoms with Gasteiger partial charge in [-0.25, -0.2) is 8.42 Å². The molecule has 0 unspecified atom stereocenters. The Morgan fingerprint density at radius 2 is 2.00 bits per heavy atom. The Morgan fingerprint density at radius 1 is 1.41 bits per heavy atom. The maximum atomic E-state index is 11.4. The largest absolute Gasteiger partial charge is 0.252 e. The van der Waals surface area contributed by atoms with Crippen LogP contribution < -0.4 is 0 Å². The molecule has 4 nitrogen and oxygen atoms in total. The van der Waals surface area contributed by atoms with Gasteiger partial charge in [0.25, 0.3) is 0 Å². The van der Waals surface area contributed by atoms with Crippen LogP contribution in [0.1, 0.15) is 37.9 Å². The summed E-state index contributed by atoms with van der Waals surface area (Å²) in [5.74, 6) is 0.531. The summed E-state index contributed by atoms with van der Waals surface area (Å²) in [6.45, 7) is 7.95. The average molecular weight is 279 g/mol. The van der Waals surface area contributed by atoms with Crippen molar-refractivity contribution in [3.8, 4) is 0 Å². The highest BCUT2D eigenvalue weighted by Crippen LogP contribution is 2.27. The Bertz CT molecular complexity index is 492. The lowest BCUT2D eigenvalue weighted by Gasteiger charge is -2.05. The summed E-state index contributed by atoms with van der Waals surface area (Å²) in [5, 5.41) is 4.85. The molecule has 0 atom stereocenters. The van der Waals surface area contributed by atoms with Crippen LogP contribution in [-0.4, -0.2) is 29.7 Å². The summed E-state index contributed by atoms with van der Waals surface area (Å²) in [7, 11) is -2.98. The molecule has 0 fully saturated rings. The fourth-order valence-electron chi connectivity index (χ4n) is 1.74. The molecule has 0 radical (unpaired) electrons. The highest BCUT2D eigenvalue weighted by molar-refractivity contribution is 7.91. The minimum atomic E-state index is -2.98. The van der Waals surface area contributed by atoms with Gasteiger partial charge in [-0.1, -0.05) is 32.4 Å². The van der Waals surface area contributed by atoms with Crippen molar-refractivity contribution < 1.29 is 8.42 Å². The van der Waals surface area contributed by atoms with Crippen LogP contribution in [0.2, 0.25) is 5.15 Å². The molecular formula is C11H19ClN2O2S. The molecular weight excluding hydrogens is 260 g/mol. The standard InChI is InChI=1S/C11H19ClN2O2S/c1-5-17(15,16)7-6-14-11(12)10(8(2)3)9(4)13-14/h8H,5-7H2,1-4H3. The summed E-state index contributed by atoms with van der Waals surface area (Å²) in [4.78, 5) is 0. The third-order valence-electron chi connectivity index (χ3n) is 2.74. The van der Waals surface area contributed by atoms with Gasteiger partial charge in [-0.05, 0) is 12.8 Å². The van der Waals surface area contributed by atoms with Crippen LogP contribution in [0, 0.1) is 6.92 Å². The first-order chi connectivity index (χ1) is 7.78. The third-order valence-corrected chi connectivity index (χ3v) is 4.82. The third kappa shape index (κ3) is 3.45. The summed E-state index contributed by atoms with van der Waals surface area (Å²) >= 11 is 6.20. The van der Waals surface area contributed by atoms with Gasteiger partial charge in [-0.2, -0.15) is 5.10 Å². The molecule has 1 aromatic rings. The molecule has 0 aliphatic rings. The lowest BCUT2D eigenvalue weighted by atomic mass is 10.1. The number of hydrogen-bond acceptors (Lipinski definition) is 3. The van der Waals surface area contributed by atoms with Crippen molar-refractivity contribution in [3.63, 3.8) is 0 Å². The molecule has 1 aromatic heterocycles. The molecule has 0 aromatic carbocycles. The smallest absolute Gasteiger partial charge is 0.151 e. The van der Waals surface area contributed by atoms with Crippen molar-refractivity contribution in [2.45, 2.75) is 40.2 Å². The number of aromatic nitrogens is 2. The van der Waals surface area contributed by atoms with E-state index < -0.39 is 9.84 Å². The molecule has 0 N–H and O–H groups in total. The van der Waals surface area contributed by atoms with Crippen molar-refractivity contribution in [1.29, 1.82) is 0 Å². The SMILES string of the molecule is CCS(=O)(=O)CCn1nc(C)c(C(C)C)c1Cl. The van der Waals surface area contributed by atoms with Crippen LogP contribution in [0.15, 0.2) is 0 Å². The van der Waals surface area contributed by atoms with Gasteiger partial charge in [0.05, 0.1) is 18.0 Å². The average Bonchev–Trinajstić information content (AvgIpc) is 2.51. The molecule has 0 amide bonds. The van der Waals surface area contributed by atoms with E-state index in [9.17, 15) is 8.42 Å². The van der Waals surface area contributed by atoms with Crippen molar-refractivity contribution in [3.05, 3.63) is 16.4 Å². The van der Waals surface area contributed by atoms with Crippen molar-refractivity contribution in [2.75, 3.05) is 11.5 Å². The Labute approximate surface area is 108 Å². The predicted octanol–water partition coefficient (Wildman–Crippen LogP) is 2.40. The van der Waals surface area contributed by atoms with Crippen LogP contribution in [0.3, 0.4) is 0 Å². The van der Waals surface area contributed by atoms with Gasteiger partial charge >= 0.3 is 0 Å². The zero-order valence-corrected chi connectivity index (χ0v) is 12.3. The normalized spacial score (nSPS) is 12.4. The van der Waals surface area contributed by atoms with Gasteiger partial charge in [-0.3, -0.25) is 4.68 Å². The number of rotatable bonds is 5. The van der Waals surface area contributed by atoms with E-state index in [1.165, 1.54) is 0 Å². The Hall–Kier alpha value is -0.550. The summed E-state index contributed by atoms with van der Waals surface area (Å²) < 4.78 is 24.4.